The molecule has 40 heavy (non-hydrogen) atoms. The number of benzene rings is 2. The lowest BCUT2D eigenvalue weighted by molar-refractivity contribution is 0.0949. The highest BCUT2D eigenvalue weighted by Crippen LogP contribution is 2.34. The van der Waals surface area contributed by atoms with Crippen LogP contribution in [-0.2, 0) is 16.4 Å². The highest BCUT2D eigenvalue weighted by atomic mass is 35.5. The summed E-state index contributed by atoms with van der Waals surface area (Å²) >= 11 is 7.48. The summed E-state index contributed by atoms with van der Waals surface area (Å²) in [7, 11) is -3.94. The number of anilines is 2. The lowest BCUT2D eigenvalue weighted by atomic mass is 10.1. The van der Waals surface area contributed by atoms with Crippen LogP contribution in [0.1, 0.15) is 25.6 Å². The highest BCUT2D eigenvalue weighted by molar-refractivity contribution is 7.91. The van der Waals surface area contributed by atoms with Gasteiger partial charge in [-0.3, -0.25) is 9.59 Å². The van der Waals surface area contributed by atoms with Crippen molar-refractivity contribution in [3.05, 3.63) is 83.0 Å². The van der Waals surface area contributed by atoms with Crippen LogP contribution in [0.5, 0.6) is 0 Å². The van der Waals surface area contributed by atoms with Crippen molar-refractivity contribution in [3.63, 3.8) is 0 Å². The third kappa shape index (κ3) is 5.06. The van der Waals surface area contributed by atoms with Crippen molar-refractivity contribution in [3.8, 4) is 10.6 Å². The summed E-state index contributed by atoms with van der Waals surface area (Å²) in [6.07, 6.45) is 3.49. The number of nitrogens with one attached hydrogen (secondary N) is 2. The number of aromatic nitrogens is 2. The van der Waals surface area contributed by atoms with Gasteiger partial charge < -0.3 is 15.5 Å². The zero-order valence-electron chi connectivity index (χ0n) is 21.0. The number of halogens is 1. The second-order valence-electron chi connectivity index (χ2n) is 9.28. The molecule has 2 amide bonds. The molecule has 6 rings (SSSR count). The first-order valence-corrected chi connectivity index (χ1v) is 15.1. The largest absolute Gasteiger partial charge is 0.354 e. The predicted molar refractivity (Wildman–Crippen MR) is 152 cm³/mol. The van der Waals surface area contributed by atoms with Gasteiger partial charge in [0.25, 0.3) is 11.8 Å². The third-order valence-corrected chi connectivity index (χ3v) is 9.98. The number of nitrogens with zero attached hydrogens (tertiary/aromatic N) is 4. The molecule has 1 fully saturated rings. The van der Waals surface area contributed by atoms with Gasteiger partial charge in [0.2, 0.25) is 9.84 Å². The normalized spacial score (nSPS) is 16.4. The molecule has 1 saturated heterocycles. The minimum atomic E-state index is -3.94. The molecule has 204 valence electrons. The van der Waals surface area contributed by atoms with Gasteiger partial charge in [0.05, 0.1) is 27.6 Å². The second kappa shape index (κ2) is 10.6. The van der Waals surface area contributed by atoms with Crippen LogP contribution in [0.15, 0.2) is 76.8 Å². The van der Waals surface area contributed by atoms with Gasteiger partial charge in [0, 0.05) is 54.6 Å². The molecule has 0 aliphatic carbocycles. The van der Waals surface area contributed by atoms with Crippen LogP contribution in [0.3, 0.4) is 0 Å². The van der Waals surface area contributed by atoms with Crippen molar-refractivity contribution in [2.75, 3.05) is 36.4 Å². The number of sulfone groups is 1. The molecule has 0 radical (unpaired) electrons. The van der Waals surface area contributed by atoms with Crippen LogP contribution in [0.4, 0.5) is 11.5 Å². The molecule has 2 N–H and O–H groups in total. The van der Waals surface area contributed by atoms with E-state index < -0.39 is 21.7 Å². The maximum atomic E-state index is 13.2. The van der Waals surface area contributed by atoms with Gasteiger partial charge in [-0.15, -0.1) is 11.3 Å². The topological polar surface area (TPSA) is 125 Å². The first-order chi connectivity index (χ1) is 19.3. The zero-order valence-corrected chi connectivity index (χ0v) is 23.4. The Bertz CT molecular complexity index is 1720. The van der Waals surface area contributed by atoms with E-state index >= 15 is 0 Å². The number of pyridine rings is 1. The molecule has 0 bridgehead atoms. The average molecular weight is 595 g/mol. The molecule has 2 aromatic heterocycles. The Kier molecular flexibility index (Phi) is 7.00. The fourth-order valence-electron chi connectivity index (χ4n) is 4.60. The van der Waals surface area contributed by atoms with Gasteiger partial charge in [-0.05, 0) is 54.2 Å². The standard InChI is InChI=1S/C27H23ClN6O4S2/c28-34-11-9-33(10-12-34)24-8-6-18(14-29-24)27-31-16-19(39-27)15-30-25(35)17-5-7-23-21(13-17)32-26(36)20-3-1-2-4-22(20)40(23,37)38/h1-8,13-14,16H,9-12,15H2,(H,30,35)(H,32,36). The Hall–Kier alpha value is -3.84. The Morgan fingerprint density at radius 1 is 1.00 bits per heavy atom. The molecule has 4 aromatic rings. The van der Waals surface area contributed by atoms with Crippen LogP contribution in [0.2, 0.25) is 0 Å². The van der Waals surface area contributed by atoms with Crippen molar-refractivity contribution in [2.24, 2.45) is 0 Å². The van der Waals surface area contributed by atoms with E-state index in [9.17, 15) is 18.0 Å². The van der Waals surface area contributed by atoms with Gasteiger partial charge in [-0.25, -0.2) is 22.8 Å². The molecule has 0 atom stereocenters. The SMILES string of the molecule is O=C(NCc1cnc(-c2ccc(N3CCN(Cl)CC3)nc2)s1)c1ccc2c(c1)NC(=O)c1ccccc1S2(=O)=O. The summed E-state index contributed by atoms with van der Waals surface area (Å²) in [6, 6.07) is 14.1. The molecule has 0 saturated carbocycles. The predicted octanol–water partition coefficient (Wildman–Crippen LogP) is 3.81. The Balaban J connectivity index is 1.13. The van der Waals surface area contributed by atoms with E-state index in [-0.39, 0.29) is 33.2 Å². The summed E-state index contributed by atoms with van der Waals surface area (Å²) in [5.41, 5.74) is 1.23. The second-order valence-corrected chi connectivity index (χ2v) is 12.8. The van der Waals surface area contributed by atoms with E-state index in [1.165, 1.54) is 41.7 Å². The molecule has 2 aliphatic heterocycles. The number of amides is 2. The number of piperazine rings is 1. The maximum absolute atomic E-state index is 13.2. The Morgan fingerprint density at radius 3 is 2.58 bits per heavy atom. The van der Waals surface area contributed by atoms with Crippen molar-refractivity contribution < 1.29 is 18.0 Å². The molecule has 0 spiro atoms. The fourth-order valence-corrected chi connectivity index (χ4v) is 7.19. The van der Waals surface area contributed by atoms with E-state index in [1.807, 2.05) is 12.1 Å². The molecule has 0 unspecified atom stereocenters. The quantitative estimate of drug-likeness (QED) is 0.334. The molecular formula is C27H23ClN6O4S2. The van der Waals surface area contributed by atoms with Crippen molar-refractivity contribution in [1.82, 2.24) is 19.7 Å². The van der Waals surface area contributed by atoms with Gasteiger partial charge in [0.1, 0.15) is 10.8 Å². The van der Waals surface area contributed by atoms with Crippen LogP contribution >= 0.6 is 23.1 Å². The molecule has 2 aliphatic rings. The summed E-state index contributed by atoms with van der Waals surface area (Å²) < 4.78 is 28.1. The number of rotatable bonds is 5. The first kappa shape index (κ1) is 26.4. The number of fused-ring (bicyclic) bond motifs is 2. The van der Waals surface area contributed by atoms with E-state index in [0.29, 0.717) is 0 Å². The Morgan fingerprint density at radius 2 is 1.80 bits per heavy atom. The molecular weight excluding hydrogens is 572 g/mol. The molecule has 13 heteroatoms. The van der Waals surface area contributed by atoms with Crippen LogP contribution in [-0.4, -0.2) is 60.8 Å². The summed E-state index contributed by atoms with van der Waals surface area (Å²) in [5.74, 6) is -0.0616. The van der Waals surface area contributed by atoms with E-state index in [0.717, 1.165) is 47.4 Å². The average Bonchev–Trinajstić information content (AvgIpc) is 3.42. The van der Waals surface area contributed by atoms with Gasteiger partial charge in [-0.2, -0.15) is 0 Å². The minimum Gasteiger partial charge on any atom is -0.354 e. The number of hydrogen-bond acceptors (Lipinski definition) is 9. The number of carbonyl (C=O) groups excluding carboxylic acids is 2. The molecule has 4 heterocycles. The van der Waals surface area contributed by atoms with E-state index in [4.69, 9.17) is 11.8 Å². The van der Waals surface area contributed by atoms with Gasteiger partial charge >= 0.3 is 0 Å². The van der Waals surface area contributed by atoms with Crippen LogP contribution in [0.25, 0.3) is 10.6 Å². The molecule has 2 aromatic carbocycles. The van der Waals surface area contributed by atoms with Crippen molar-refractivity contribution >= 4 is 56.3 Å². The third-order valence-electron chi connectivity index (χ3n) is 6.72. The maximum Gasteiger partial charge on any atom is 0.257 e. The van der Waals surface area contributed by atoms with Gasteiger partial charge in [0.15, 0.2) is 0 Å². The lowest BCUT2D eigenvalue weighted by Crippen LogP contribution is -2.42. The van der Waals surface area contributed by atoms with E-state index in [2.05, 4.69) is 25.5 Å². The van der Waals surface area contributed by atoms with Crippen LogP contribution in [0, 0.1) is 0 Å². The number of hydrogen-bond donors (Lipinski definition) is 2. The van der Waals surface area contributed by atoms with E-state index in [1.54, 1.807) is 28.9 Å². The first-order valence-electron chi connectivity index (χ1n) is 12.4. The number of thiazole rings is 1. The van der Waals surface area contributed by atoms with Gasteiger partial charge in [-0.1, -0.05) is 12.1 Å². The van der Waals surface area contributed by atoms with Crippen molar-refractivity contribution in [1.29, 1.82) is 0 Å². The monoisotopic (exact) mass is 594 g/mol. The van der Waals surface area contributed by atoms with Crippen LogP contribution < -0.4 is 15.5 Å². The van der Waals surface area contributed by atoms with Crippen molar-refractivity contribution in [2.45, 2.75) is 16.3 Å². The zero-order chi connectivity index (χ0) is 27.9. The molecule has 10 nitrogen and oxygen atoms in total. The Labute approximate surface area is 239 Å². The highest BCUT2D eigenvalue weighted by Gasteiger charge is 2.31. The lowest BCUT2D eigenvalue weighted by Gasteiger charge is -2.31. The summed E-state index contributed by atoms with van der Waals surface area (Å²) in [5, 5.41) is 6.25. The smallest absolute Gasteiger partial charge is 0.257 e. The number of carbonyl (C=O) groups is 2. The minimum absolute atomic E-state index is 0.0598. The summed E-state index contributed by atoms with van der Waals surface area (Å²) in [6.45, 7) is 3.42. The fraction of sp³-hybridized carbons (Fsp3) is 0.185. The summed E-state index contributed by atoms with van der Waals surface area (Å²) in [4.78, 5) is 37.6.